The van der Waals surface area contributed by atoms with Gasteiger partial charge >= 0.3 is 0 Å². The van der Waals surface area contributed by atoms with Crippen LogP contribution in [0.3, 0.4) is 0 Å². The highest BCUT2D eigenvalue weighted by atomic mass is 32.1. The average molecular weight is 293 g/mol. The summed E-state index contributed by atoms with van der Waals surface area (Å²) in [5, 5.41) is 8.03. The van der Waals surface area contributed by atoms with Crippen molar-refractivity contribution < 1.29 is 0 Å². The Balaban J connectivity index is 1.63. The van der Waals surface area contributed by atoms with E-state index in [0.717, 1.165) is 16.6 Å². The molecule has 1 heterocycles. The molecule has 0 spiro atoms. The summed E-state index contributed by atoms with van der Waals surface area (Å²) in [6.45, 7) is 0.702. The van der Waals surface area contributed by atoms with E-state index >= 15 is 0 Å². The molecule has 0 fully saturated rings. The molecule has 3 rings (SSSR count). The Labute approximate surface area is 129 Å². The Morgan fingerprint density at radius 1 is 1.00 bits per heavy atom. The molecule has 0 bridgehead atoms. The topological polar surface area (TPSA) is 37.0 Å². The van der Waals surface area contributed by atoms with Gasteiger partial charge in [0.2, 0.25) is 0 Å². The third-order valence-corrected chi connectivity index (χ3v) is 3.39. The first kappa shape index (κ1) is 13.5. The summed E-state index contributed by atoms with van der Waals surface area (Å²) >= 11 is 5.31. The van der Waals surface area contributed by atoms with Crippen LogP contribution < -0.4 is 10.6 Å². The van der Waals surface area contributed by atoms with E-state index in [4.69, 9.17) is 12.2 Å². The van der Waals surface area contributed by atoms with Gasteiger partial charge in [-0.1, -0.05) is 48.5 Å². The molecule has 21 heavy (non-hydrogen) atoms. The zero-order chi connectivity index (χ0) is 14.5. The van der Waals surface area contributed by atoms with Gasteiger partial charge in [0, 0.05) is 11.9 Å². The van der Waals surface area contributed by atoms with E-state index in [1.54, 1.807) is 6.20 Å². The van der Waals surface area contributed by atoms with Crippen LogP contribution in [-0.4, -0.2) is 10.1 Å². The van der Waals surface area contributed by atoms with Crippen LogP contribution >= 0.6 is 12.2 Å². The summed E-state index contributed by atoms with van der Waals surface area (Å²) in [6, 6.07) is 20.2. The fourth-order valence-corrected chi connectivity index (χ4v) is 2.28. The highest BCUT2D eigenvalue weighted by Crippen LogP contribution is 2.15. The Kier molecular flexibility index (Phi) is 4.07. The van der Waals surface area contributed by atoms with E-state index in [0.29, 0.717) is 11.7 Å². The first-order valence-electron chi connectivity index (χ1n) is 6.75. The third-order valence-electron chi connectivity index (χ3n) is 3.14. The molecule has 0 radical (unpaired) electrons. The summed E-state index contributed by atoms with van der Waals surface area (Å²) in [5.41, 5.74) is 3.06. The Bertz CT molecular complexity index is 756. The molecule has 0 atom stereocenters. The van der Waals surface area contributed by atoms with Gasteiger partial charge in [-0.3, -0.25) is 4.98 Å². The van der Waals surface area contributed by atoms with Gasteiger partial charge in [-0.25, -0.2) is 0 Å². The largest absolute Gasteiger partial charge is 0.358 e. The van der Waals surface area contributed by atoms with Crippen molar-refractivity contribution in [3.63, 3.8) is 0 Å². The molecule has 3 nitrogen and oxygen atoms in total. The first-order valence-corrected chi connectivity index (χ1v) is 7.16. The fraction of sp³-hybridized carbons (Fsp3) is 0.0588. The van der Waals surface area contributed by atoms with Gasteiger partial charge in [-0.15, -0.1) is 0 Å². The Hall–Kier alpha value is -2.46. The van der Waals surface area contributed by atoms with Crippen molar-refractivity contribution in [3.8, 4) is 0 Å². The molecular formula is C17H15N3S. The molecule has 0 amide bonds. The van der Waals surface area contributed by atoms with Gasteiger partial charge in [0.05, 0.1) is 17.4 Å². The average Bonchev–Trinajstić information content (AvgIpc) is 2.54. The lowest BCUT2D eigenvalue weighted by Gasteiger charge is -2.10. The van der Waals surface area contributed by atoms with Crippen molar-refractivity contribution in [2.45, 2.75) is 6.54 Å². The van der Waals surface area contributed by atoms with E-state index in [1.165, 1.54) is 5.56 Å². The predicted octanol–water partition coefficient (Wildman–Crippen LogP) is 3.72. The van der Waals surface area contributed by atoms with Crippen LogP contribution in [-0.2, 0) is 6.54 Å². The maximum atomic E-state index is 5.31. The number of anilines is 1. The molecule has 104 valence electrons. The maximum Gasteiger partial charge on any atom is 0.171 e. The number of nitrogens with zero attached hydrogens (tertiary/aromatic N) is 1. The number of rotatable bonds is 3. The molecule has 0 saturated carbocycles. The number of aromatic nitrogens is 1. The van der Waals surface area contributed by atoms with E-state index in [-0.39, 0.29) is 0 Å². The fourth-order valence-electron chi connectivity index (χ4n) is 2.09. The quantitative estimate of drug-likeness (QED) is 0.722. The van der Waals surface area contributed by atoms with Gasteiger partial charge in [0.25, 0.3) is 0 Å². The van der Waals surface area contributed by atoms with Gasteiger partial charge in [0.15, 0.2) is 5.11 Å². The first-order chi connectivity index (χ1) is 10.3. The molecule has 3 aromatic rings. The zero-order valence-electron chi connectivity index (χ0n) is 11.4. The van der Waals surface area contributed by atoms with Crippen LogP contribution in [0.25, 0.3) is 10.9 Å². The molecule has 2 N–H and O–H groups in total. The number of nitrogens with one attached hydrogen (secondary N) is 2. The van der Waals surface area contributed by atoms with Crippen LogP contribution in [0.5, 0.6) is 0 Å². The highest BCUT2D eigenvalue weighted by molar-refractivity contribution is 7.80. The van der Waals surface area contributed by atoms with Crippen molar-refractivity contribution in [2.24, 2.45) is 0 Å². The molecule has 1 aromatic heterocycles. The summed E-state index contributed by atoms with van der Waals surface area (Å²) in [7, 11) is 0. The normalized spacial score (nSPS) is 10.3. The van der Waals surface area contributed by atoms with Crippen LogP contribution in [0.4, 0.5) is 5.69 Å². The molecule has 2 aromatic carbocycles. The van der Waals surface area contributed by atoms with Crippen LogP contribution in [0.1, 0.15) is 5.56 Å². The lowest BCUT2D eigenvalue weighted by molar-refractivity contribution is 0.926. The minimum Gasteiger partial charge on any atom is -0.358 e. The van der Waals surface area contributed by atoms with Gasteiger partial charge < -0.3 is 10.6 Å². The number of pyridine rings is 1. The highest BCUT2D eigenvalue weighted by Gasteiger charge is 2.00. The minimum atomic E-state index is 0.593. The number of hydrogen-bond acceptors (Lipinski definition) is 2. The zero-order valence-corrected chi connectivity index (χ0v) is 12.2. The molecule has 0 saturated heterocycles. The van der Waals surface area contributed by atoms with Crippen molar-refractivity contribution in [3.05, 3.63) is 72.4 Å². The van der Waals surface area contributed by atoms with Gasteiger partial charge in [0.1, 0.15) is 0 Å². The second kappa shape index (κ2) is 6.33. The van der Waals surface area contributed by atoms with Crippen LogP contribution in [0, 0.1) is 0 Å². The van der Waals surface area contributed by atoms with Crippen LogP contribution in [0.15, 0.2) is 66.9 Å². The number of fused-ring (bicyclic) bond motifs is 1. The van der Waals surface area contributed by atoms with E-state index in [9.17, 15) is 0 Å². The lowest BCUT2D eigenvalue weighted by atomic mass is 10.2. The summed E-state index contributed by atoms with van der Waals surface area (Å²) in [4.78, 5) is 4.40. The van der Waals surface area contributed by atoms with E-state index in [1.807, 2.05) is 48.5 Å². The second-order valence-corrected chi connectivity index (χ2v) is 5.12. The molecule has 4 heteroatoms. The number of benzene rings is 2. The molecule has 0 aliphatic rings. The standard InChI is InChI=1S/C17H15N3S/c21-17(19-11-13-6-2-1-3-7-13)20-15-10-14-8-4-5-9-16(14)18-12-15/h1-10,12H,11H2,(H2,19,20,21). The van der Waals surface area contributed by atoms with E-state index in [2.05, 4.69) is 27.8 Å². The summed E-state index contributed by atoms with van der Waals surface area (Å²) in [6.07, 6.45) is 1.79. The molecule has 0 unspecified atom stereocenters. The second-order valence-electron chi connectivity index (χ2n) is 4.71. The Morgan fingerprint density at radius 2 is 1.76 bits per heavy atom. The van der Waals surface area contributed by atoms with Crippen molar-refractivity contribution >= 4 is 33.9 Å². The van der Waals surface area contributed by atoms with Gasteiger partial charge in [-0.05, 0) is 29.9 Å². The summed E-state index contributed by atoms with van der Waals surface area (Å²) < 4.78 is 0. The van der Waals surface area contributed by atoms with Gasteiger partial charge in [-0.2, -0.15) is 0 Å². The molecule has 0 aliphatic carbocycles. The number of para-hydroxylation sites is 1. The number of hydrogen-bond donors (Lipinski definition) is 2. The lowest BCUT2D eigenvalue weighted by Crippen LogP contribution is -2.27. The van der Waals surface area contributed by atoms with Crippen LogP contribution in [0.2, 0.25) is 0 Å². The SMILES string of the molecule is S=C(NCc1ccccc1)Nc1cnc2ccccc2c1. The molecule has 0 aliphatic heterocycles. The van der Waals surface area contributed by atoms with Crippen molar-refractivity contribution in [1.29, 1.82) is 0 Å². The summed E-state index contributed by atoms with van der Waals surface area (Å²) in [5.74, 6) is 0. The third kappa shape index (κ3) is 3.55. The number of thiocarbonyl (C=S) groups is 1. The molecular weight excluding hydrogens is 278 g/mol. The predicted molar refractivity (Wildman–Crippen MR) is 91.2 cm³/mol. The van der Waals surface area contributed by atoms with Crippen molar-refractivity contribution in [1.82, 2.24) is 10.3 Å². The van der Waals surface area contributed by atoms with Crippen molar-refractivity contribution in [2.75, 3.05) is 5.32 Å². The maximum absolute atomic E-state index is 5.31. The Morgan fingerprint density at radius 3 is 2.62 bits per heavy atom. The monoisotopic (exact) mass is 293 g/mol. The van der Waals surface area contributed by atoms with E-state index < -0.39 is 0 Å². The minimum absolute atomic E-state index is 0.593. The smallest absolute Gasteiger partial charge is 0.171 e.